The Kier molecular flexibility index (Phi) is 4.91. The van der Waals surface area contributed by atoms with E-state index in [1.165, 1.54) is 0 Å². The van der Waals surface area contributed by atoms with Crippen molar-refractivity contribution in [1.29, 1.82) is 0 Å². The molecule has 2 N–H and O–H groups in total. The Morgan fingerprint density at radius 2 is 2.25 bits per heavy atom. The summed E-state index contributed by atoms with van der Waals surface area (Å²) >= 11 is 0. The molecule has 1 aromatic heterocycles. The predicted octanol–water partition coefficient (Wildman–Crippen LogP) is -0.551. The van der Waals surface area contributed by atoms with Crippen molar-refractivity contribution in [3.05, 3.63) is 18.0 Å². The van der Waals surface area contributed by atoms with Gasteiger partial charge in [0.25, 0.3) is 0 Å². The Hall–Kier alpha value is -0.920. The average molecular weight is 246 g/mol. The minimum absolute atomic E-state index is 0.147. The number of nitrogens with zero attached hydrogens (tertiary/aromatic N) is 2. The zero-order valence-corrected chi connectivity index (χ0v) is 10.4. The summed E-state index contributed by atoms with van der Waals surface area (Å²) in [6, 6.07) is 0. The molecule has 0 bridgehead atoms. The second-order valence-electron chi connectivity index (χ2n) is 3.62. The van der Waals surface area contributed by atoms with Gasteiger partial charge in [-0.2, -0.15) is 5.10 Å². The van der Waals surface area contributed by atoms with Crippen LogP contribution in [-0.4, -0.2) is 37.5 Å². The highest BCUT2D eigenvalue weighted by molar-refractivity contribution is 7.89. The fourth-order valence-corrected chi connectivity index (χ4v) is 2.32. The molecule has 0 aliphatic heterocycles. The number of hydrogen-bond acceptors (Lipinski definition) is 4. The average Bonchev–Trinajstić information content (AvgIpc) is 2.62. The maximum atomic E-state index is 11.5. The van der Waals surface area contributed by atoms with Gasteiger partial charge in [-0.15, -0.1) is 0 Å². The number of aryl methyl sites for hydroxylation is 1. The lowest BCUT2D eigenvalue weighted by Crippen LogP contribution is -2.27. The summed E-state index contributed by atoms with van der Waals surface area (Å²) in [6.45, 7) is 1.00. The third-order valence-corrected chi connectivity index (χ3v) is 3.50. The van der Waals surface area contributed by atoms with Crippen LogP contribution in [0.4, 0.5) is 0 Å². The third kappa shape index (κ3) is 4.73. The molecule has 1 aromatic rings. The molecule has 0 atom stereocenters. The SMILES string of the molecule is CNCCCS(=O)(=O)NCc1cnn(C)c1. The van der Waals surface area contributed by atoms with E-state index < -0.39 is 10.0 Å². The lowest BCUT2D eigenvalue weighted by atomic mass is 10.4. The van der Waals surface area contributed by atoms with Crippen LogP contribution < -0.4 is 10.0 Å². The molecular formula is C9H18N4O2S. The van der Waals surface area contributed by atoms with Gasteiger partial charge in [-0.1, -0.05) is 0 Å². The van der Waals surface area contributed by atoms with Gasteiger partial charge in [0.2, 0.25) is 10.0 Å². The largest absolute Gasteiger partial charge is 0.320 e. The first-order valence-electron chi connectivity index (χ1n) is 5.13. The number of rotatable bonds is 7. The molecule has 1 heterocycles. The first kappa shape index (κ1) is 13.1. The van der Waals surface area contributed by atoms with Crippen molar-refractivity contribution in [2.45, 2.75) is 13.0 Å². The molecule has 0 aliphatic carbocycles. The number of nitrogens with one attached hydrogen (secondary N) is 2. The van der Waals surface area contributed by atoms with E-state index in [9.17, 15) is 8.42 Å². The van der Waals surface area contributed by atoms with Gasteiger partial charge in [-0.05, 0) is 20.0 Å². The van der Waals surface area contributed by atoms with E-state index in [1.807, 2.05) is 0 Å². The minimum atomic E-state index is -3.17. The van der Waals surface area contributed by atoms with E-state index in [2.05, 4.69) is 15.1 Å². The van der Waals surface area contributed by atoms with Crippen molar-refractivity contribution in [2.75, 3.05) is 19.3 Å². The van der Waals surface area contributed by atoms with Crippen LogP contribution in [0.1, 0.15) is 12.0 Å². The number of hydrogen-bond donors (Lipinski definition) is 2. The quantitative estimate of drug-likeness (QED) is 0.633. The van der Waals surface area contributed by atoms with E-state index in [4.69, 9.17) is 0 Å². The van der Waals surface area contributed by atoms with E-state index >= 15 is 0 Å². The van der Waals surface area contributed by atoms with Gasteiger partial charge in [0.05, 0.1) is 11.9 Å². The van der Waals surface area contributed by atoms with Crippen LogP contribution in [-0.2, 0) is 23.6 Å². The summed E-state index contributed by atoms with van der Waals surface area (Å²) in [7, 11) is 0.428. The molecule has 0 unspecified atom stereocenters. The van der Waals surface area contributed by atoms with Gasteiger partial charge in [0.1, 0.15) is 0 Å². The zero-order chi connectivity index (χ0) is 12.0. The maximum Gasteiger partial charge on any atom is 0.211 e. The maximum absolute atomic E-state index is 11.5. The van der Waals surface area contributed by atoms with Gasteiger partial charge in [0, 0.05) is 25.4 Å². The molecule has 1 rings (SSSR count). The Labute approximate surface area is 96.1 Å². The molecule has 0 aromatic carbocycles. The molecule has 0 radical (unpaired) electrons. The van der Waals surface area contributed by atoms with E-state index in [1.54, 1.807) is 31.2 Å². The van der Waals surface area contributed by atoms with Crippen molar-refractivity contribution in [3.8, 4) is 0 Å². The van der Waals surface area contributed by atoms with Crippen LogP contribution in [0.5, 0.6) is 0 Å². The Bertz CT molecular complexity index is 413. The van der Waals surface area contributed by atoms with Crippen LogP contribution in [0.2, 0.25) is 0 Å². The highest BCUT2D eigenvalue weighted by atomic mass is 32.2. The molecule has 92 valence electrons. The highest BCUT2D eigenvalue weighted by Gasteiger charge is 2.09. The molecule has 0 saturated carbocycles. The number of aromatic nitrogens is 2. The van der Waals surface area contributed by atoms with Crippen molar-refractivity contribution >= 4 is 10.0 Å². The fourth-order valence-electron chi connectivity index (χ4n) is 1.27. The number of sulfonamides is 1. The van der Waals surface area contributed by atoms with Crippen molar-refractivity contribution in [1.82, 2.24) is 19.8 Å². The first-order valence-corrected chi connectivity index (χ1v) is 6.78. The van der Waals surface area contributed by atoms with Crippen molar-refractivity contribution < 1.29 is 8.42 Å². The van der Waals surface area contributed by atoms with Crippen LogP contribution in [0.15, 0.2) is 12.4 Å². The molecule has 0 aliphatic rings. The summed E-state index contributed by atoms with van der Waals surface area (Å²) in [5.74, 6) is 0.147. The summed E-state index contributed by atoms with van der Waals surface area (Å²) in [5.41, 5.74) is 0.861. The van der Waals surface area contributed by atoms with Crippen molar-refractivity contribution in [2.24, 2.45) is 7.05 Å². The van der Waals surface area contributed by atoms with Gasteiger partial charge in [0.15, 0.2) is 0 Å². The second-order valence-corrected chi connectivity index (χ2v) is 5.55. The van der Waals surface area contributed by atoms with E-state index in [0.29, 0.717) is 19.5 Å². The molecule has 6 nitrogen and oxygen atoms in total. The van der Waals surface area contributed by atoms with Crippen LogP contribution in [0.3, 0.4) is 0 Å². The summed E-state index contributed by atoms with van der Waals surface area (Å²) < 4.78 is 27.2. The monoisotopic (exact) mass is 246 g/mol. The summed E-state index contributed by atoms with van der Waals surface area (Å²) in [6.07, 6.45) is 4.05. The fraction of sp³-hybridized carbons (Fsp3) is 0.667. The van der Waals surface area contributed by atoms with Gasteiger partial charge >= 0.3 is 0 Å². The van der Waals surface area contributed by atoms with Gasteiger partial charge < -0.3 is 5.32 Å². The van der Waals surface area contributed by atoms with Crippen LogP contribution in [0.25, 0.3) is 0 Å². The highest BCUT2D eigenvalue weighted by Crippen LogP contribution is 1.97. The Morgan fingerprint density at radius 3 is 2.81 bits per heavy atom. The van der Waals surface area contributed by atoms with Gasteiger partial charge in [-0.25, -0.2) is 13.1 Å². The lowest BCUT2D eigenvalue weighted by molar-refractivity contribution is 0.577. The van der Waals surface area contributed by atoms with Gasteiger partial charge in [-0.3, -0.25) is 4.68 Å². The molecule has 7 heteroatoms. The van der Waals surface area contributed by atoms with Crippen LogP contribution >= 0.6 is 0 Å². The van der Waals surface area contributed by atoms with Crippen molar-refractivity contribution in [3.63, 3.8) is 0 Å². The predicted molar refractivity (Wildman–Crippen MR) is 62.4 cm³/mol. The molecule has 0 spiro atoms. The van der Waals surface area contributed by atoms with E-state index in [-0.39, 0.29) is 5.75 Å². The molecule has 0 saturated heterocycles. The normalized spacial score (nSPS) is 11.9. The Balaban J connectivity index is 2.36. The Morgan fingerprint density at radius 1 is 1.50 bits per heavy atom. The van der Waals surface area contributed by atoms with Crippen LogP contribution in [0, 0.1) is 0 Å². The topological polar surface area (TPSA) is 76.0 Å². The minimum Gasteiger partial charge on any atom is -0.320 e. The standard InChI is InChI=1S/C9H18N4O2S/c1-10-4-3-5-16(14,15)12-7-9-6-11-13(2)8-9/h6,8,10,12H,3-5,7H2,1-2H3. The smallest absolute Gasteiger partial charge is 0.211 e. The molecule has 0 amide bonds. The molecule has 16 heavy (non-hydrogen) atoms. The second kappa shape index (κ2) is 5.97. The summed E-state index contributed by atoms with van der Waals surface area (Å²) in [4.78, 5) is 0. The molecular weight excluding hydrogens is 228 g/mol. The third-order valence-electron chi connectivity index (χ3n) is 2.09. The summed E-state index contributed by atoms with van der Waals surface area (Å²) in [5, 5.41) is 6.88. The molecule has 0 fully saturated rings. The lowest BCUT2D eigenvalue weighted by Gasteiger charge is -2.04. The zero-order valence-electron chi connectivity index (χ0n) is 9.60. The first-order chi connectivity index (χ1) is 7.53. The van der Waals surface area contributed by atoms with E-state index in [0.717, 1.165) is 5.56 Å².